The van der Waals surface area contributed by atoms with E-state index >= 15 is 0 Å². The fourth-order valence-corrected chi connectivity index (χ4v) is 1.38. The van der Waals surface area contributed by atoms with Crippen molar-refractivity contribution in [3.05, 3.63) is 47.8 Å². The standard InChI is InChI=1S/C11H14FN/c1-8(2)11(13-3)9-6-4-5-7-10(9)12/h4-7,11,13H,1H2,2-3H3. The van der Waals surface area contributed by atoms with E-state index in [1.807, 2.05) is 13.0 Å². The van der Waals surface area contributed by atoms with Crippen LogP contribution in [0.2, 0.25) is 0 Å². The van der Waals surface area contributed by atoms with E-state index in [2.05, 4.69) is 11.9 Å². The van der Waals surface area contributed by atoms with E-state index < -0.39 is 0 Å². The van der Waals surface area contributed by atoms with Crippen molar-refractivity contribution < 1.29 is 4.39 Å². The van der Waals surface area contributed by atoms with E-state index in [1.54, 1.807) is 19.2 Å². The van der Waals surface area contributed by atoms with Gasteiger partial charge >= 0.3 is 0 Å². The average molecular weight is 179 g/mol. The second kappa shape index (κ2) is 4.19. The lowest BCUT2D eigenvalue weighted by Crippen LogP contribution is -2.18. The highest BCUT2D eigenvalue weighted by atomic mass is 19.1. The molecular formula is C11H14FN. The van der Waals surface area contributed by atoms with Gasteiger partial charge in [-0.3, -0.25) is 0 Å². The second-order valence-corrected chi connectivity index (χ2v) is 3.09. The molecule has 0 heterocycles. The van der Waals surface area contributed by atoms with Crippen LogP contribution < -0.4 is 5.32 Å². The van der Waals surface area contributed by atoms with E-state index in [-0.39, 0.29) is 11.9 Å². The Morgan fingerprint density at radius 1 is 1.46 bits per heavy atom. The summed E-state index contributed by atoms with van der Waals surface area (Å²) < 4.78 is 13.3. The van der Waals surface area contributed by atoms with Gasteiger partial charge < -0.3 is 5.32 Å². The number of benzene rings is 1. The maximum atomic E-state index is 13.3. The minimum absolute atomic E-state index is 0.0961. The summed E-state index contributed by atoms with van der Waals surface area (Å²) in [5.41, 5.74) is 1.56. The third kappa shape index (κ3) is 2.16. The molecule has 0 radical (unpaired) electrons. The SMILES string of the molecule is C=C(C)C(NC)c1ccccc1F. The molecule has 1 nitrogen and oxygen atoms in total. The first-order chi connectivity index (χ1) is 6.16. The van der Waals surface area contributed by atoms with Gasteiger partial charge in [-0.25, -0.2) is 4.39 Å². The lowest BCUT2D eigenvalue weighted by Gasteiger charge is -2.16. The number of rotatable bonds is 3. The largest absolute Gasteiger partial charge is 0.310 e. The Balaban J connectivity index is 3.04. The minimum atomic E-state index is -0.190. The summed E-state index contributed by atoms with van der Waals surface area (Å²) in [4.78, 5) is 0. The van der Waals surface area contributed by atoms with E-state index in [4.69, 9.17) is 0 Å². The Morgan fingerprint density at radius 2 is 2.08 bits per heavy atom. The number of hydrogen-bond acceptors (Lipinski definition) is 1. The van der Waals surface area contributed by atoms with Gasteiger partial charge in [0.15, 0.2) is 0 Å². The zero-order valence-electron chi connectivity index (χ0n) is 7.97. The minimum Gasteiger partial charge on any atom is -0.310 e. The van der Waals surface area contributed by atoms with Gasteiger partial charge in [-0.05, 0) is 20.0 Å². The van der Waals surface area contributed by atoms with Crippen LogP contribution in [0.4, 0.5) is 4.39 Å². The van der Waals surface area contributed by atoms with E-state index in [1.165, 1.54) is 6.07 Å². The van der Waals surface area contributed by atoms with Crippen LogP contribution >= 0.6 is 0 Å². The quantitative estimate of drug-likeness (QED) is 0.703. The molecule has 0 saturated heterocycles. The highest BCUT2D eigenvalue weighted by Crippen LogP contribution is 2.21. The van der Waals surface area contributed by atoms with Crippen molar-refractivity contribution in [2.75, 3.05) is 7.05 Å². The molecule has 70 valence electrons. The molecule has 0 aliphatic heterocycles. The molecule has 1 rings (SSSR count). The molecule has 0 fully saturated rings. The van der Waals surface area contributed by atoms with E-state index in [0.29, 0.717) is 5.56 Å². The smallest absolute Gasteiger partial charge is 0.128 e. The summed E-state index contributed by atoms with van der Waals surface area (Å²) >= 11 is 0. The molecule has 1 atom stereocenters. The molecule has 0 amide bonds. The Labute approximate surface area is 78.3 Å². The molecule has 2 heteroatoms. The normalized spacial score (nSPS) is 12.5. The molecule has 1 aromatic rings. The van der Waals surface area contributed by atoms with Crippen LogP contribution in [-0.2, 0) is 0 Å². The van der Waals surface area contributed by atoms with Gasteiger partial charge in [-0.2, -0.15) is 0 Å². The summed E-state index contributed by atoms with van der Waals surface area (Å²) in [6, 6.07) is 6.64. The Kier molecular flexibility index (Phi) is 3.20. The Hall–Kier alpha value is -1.15. The summed E-state index contributed by atoms with van der Waals surface area (Å²) in [5.74, 6) is -0.190. The van der Waals surface area contributed by atoms with Crippen molar-refractivity contribution >= 4 is 0 Å². The van der Waals surface area contributed by atoms with Crippen LogP contribution in [0.25, 0.3) is 0 Å². The van der Waals surface area contributed by atoms with Gasteiger partial charge in [0, 0.05) is 5.56 Å². The van der Waals surface area contributed by atoms with Crippen LogP contribution in [0.1, 0.15) is 18.5 Å². The molecule has 1 unspecified atom stereocenters. The van der Waals surface area contributed by atoms with Crippen molar-refractivity contribution in [3.63, 3.8) is 0 Å². The predicted molar refractivity (Wildman–Crippen MR) is 53.0 cm³/mol. The first-order valence-corrected chi connectivity index (χ1v) is 4.24. The number of likely N-dealkylation sites (N-methyl/N-ethyl adjacent to an activating group) is 1. The highest BCUT2D eigenvalue weighted by molar-refractivity contribution is 5.27. The lowest BCUT2D eigenvalue weighted by molar-refractivity contribution is 0.573. The van der Waals surface area contributed by atoms with Crippen molar-refractivity contribution in [2.24, 2.45) is 0 Å². The number of nitrogens with one attached hydrogen (secondary N) is 1. The molecular weight excluding hydrogens is 165 g/mol. The van der Waals surface area contributed by atoms with Gasteiger partial charge in [0.25, 0.3) is 0 Å². The summed E-state index contributed by atoms with van der Waals surface area (Å²) in [6.45, 7) is 5.70. The maximum Gasteiger partial charge on any atom is 0.128 e. The predicted octanol–water partition coefficient (Wildman–Crippen LogP) is 2.66. The molecule has 0 spiro atoms. The topological polar surface area (TPSA) is 12.0 Å². The Bertz CT molecular complexity index is 307. The molecule has 1 N–H and O–H groups in total. The van der Waals surface area contributed by atoms with Crippen molar-refractivity contribution in [3.8, 4) is 0 Å². The van der Waals surface area contributed by atoms with Gasteiger partial charge in [-0.1, -0.05) is 30.4 Å². The van der Waals surface area contributed by atoms with Crippen molar-refractivity contribution in [1.82, 2.24) is 5.32 Å². The van der Waals surface area contributed by atoms with Gasteiger partial charge in [-0.15, -0.1) is 0 Å². The first-order valence-electron chi connectivity index (χ1n) is 4.24. The second-order valence-electron chi connectivity index (χ2n) is 3.09. The van der Waals surface area contributed by atoms with Crippen LogP contribution in [0, 0.1) is 5.82 Å². The molecule has 0 aliphatic carbocycles. The number of hydrogen-bond donors (Lipinski definition) is 1. The summed E-state index contributed by atoms with van der Waals surface area (Å²) in [5, 5.41) is 3.02. The number of halogens is 1. The first kappa shape index (κ1) is 9.93. The monoisotopic (exact) mass is 179 g/mol. The van der Waals surface area contributed by atoms with Crippen molar-refractivity contribution in [2.45, 2.75) is 13.0 Å². The zero-order chi connectivity index (χ0) is 9.84. The van der Waals surface area contributed by atoms with Crippen LogP contribution in [-0.4, -0.2) is 7.05 Å². The maximum absolute atomic E-state index is 13.3. The zero-order valence-corrected chi connectivity index (χ0v) is 7.97. The van der Waals surface area contributed by atoms with E-state index in [0.717, 1.165) is 5.57 Å². The van der Waals surface area contributed by atoms with Crippen molar-refractivity contribution in [1.29, 1.82) is 0 Å². The molecule has 0 aliphatic rings. The van der Waals surface area contributed by atoms with Gasteiger partial charge in [0.05, 0.1) is 6.04 Å². The van der Waals surface area contributed by atoms with Crippen LogP contribution in [0.3, 0.4) is 0 Å². The Morgan fingerprint density at radius 3 is 2.54 bits per heavy atom. The summed E-state index contributed by atoms with van der Waals surface area (Å²) in [6.07, 6.45) is 0. The van der Waals surface area contributed by atoms with E-state index in [9.17, 15) is 4.39 Å². The third-order valence-corrected chi connectivity index (χ3v) is 2.00. The fraction of sp³-hybridized carbons (Fsp3) is 0.273. The lowest BCUT2D eigenvalue weighted by atomic mass is 10.0. The summed E-state index contributed by atoms with van der Waals surface area (Å²) in [7, 11) is 1.80. The van der Waals surface area contributed by atoms with Gasteiger partial charge in [0.2, 0.25) is 0 Å². The van der Waals surface area contributed by atoms with Crippen LogP contribution in [0.5, 0.6) is 0 Å². The van der Waals surface area contributed by atoms with Gasteiger partial charge in [0.1, 0.15) is 5.82 Å². The molecule has 13 heavy (non-hydrogen) atoms. The highest BCUT2D eigenvalue weighted by Gasteiger charge is 2.12. The molecule has 0 aromatic heterocycles. The fourth-order valence-electron chi connectivity index (χ4n) is 1.38. The molecule has 0 saturated carbocycles. The molecule has 0 bridgehead atoms. The third-order valence-electron chi connectivity index (χ3n) is 2.00. The van der Waals surface area contributed by atoms with Crippen LogP contribution in [0.15, 0.2) is 36.4 Å². The molecule has 1 aromatic carbocycles. The average Bonchev–Trinajstić information content (AvgIpc) is 2.09.